The van der Waals surface area contributed by atoms with E-state index in [0.717, 1.165) is 5.94 Å². The van der Waals surface area contributed by atoms with Gasteiger partial charge in [0.2, 0.25) is 0 Å². The summed E-state index contributed by atoms with van der Waals surface area (Å²) in [4.78, 5) is 1.29. The Morgan fingerprint density at radius 2 is 1.69 bits per heavy atom. The highest BCUT2D eigenvalue weighted by molar-refractivity contribution is 8.76. The molecule has 0 atom stereocenters. The van der Waals surface area contributed by atoms with Gasteiger partial charge in [-0.3, -0.25) is 0 Å². The van der Waals surface area contributed by atoms with Crippen molar-refractivity contribution in [3.8, 4) is 0 Å². The first-order chi connectivity index (χ1) is 7.59. The predicted molar refractivity (Wildman–Crippen MR) is 75.1 cm³/mol. The van der Waals surface area contributed by atoms with Gasteiger partial charge < -0.3 is 4.74 Å². The molecule has 0 saturated carbocycles. The Morgan fingerprint density at radius 1 is 1.06 bits per heavy atom. The summed E-state index contributed by atoms with van der Waals surface area (Å²) in [6.07, 6.45) is 0.316. The average Bonchev–Trinajstić information content (AvgIpc) is 2.25. The Labute approximate surface area is 107 Å². The summed E-state index contributed by atoms with van der Waals surface area (Å²) in [7, 11) is 3.52. The van der Waals surface area contributed by atoms with Gasteiger partial charge in [-0.1, -0.05) is 47.6 Å². The number of benzene rings is 1. The number of ether oxygens (including phenoxy) is 1. The highest BCUT2D eigenvalue weighted by Crippen LogP contribution is 2.31. The molecule has 1 nitrogen and oxygen atoms in total. The fraction of sp³-hybridized carbons (Fsp3) is 0.538. The molecule has 0 aliphatic rings. The lowest BCUT2D eigenvalue weighted by Crippen LogP contribution is -1.99. The molecule has 0 bridgehead atoms. The summed E-state index contributed by atoms with van der Waals surface area (Å²) in [6, 6.07) is 8.78. The van der Waals surface area contributed by atoms with E-state index < -0.39 is 0 Å². The van der Waals surface area contributed by atoms with Crippen LogP contribution >= 0.6 is 21.6 Å². The molecule has 90 valence electrons. The van der Waals surface area contributed by atoms with Crippen LogP contribution in [0, 0.1) is 0 Å². The molecule has 0 unspecified atom stereocenters. The lowest BCUT2D eigenvalue weighted by atomic mass is 10.0. The average molecular weight is 256 g/mol. The molecule has 0 saturated heterocycles. The second-order valence-electron chi connectivity index (χ2n) is 4.26. The van der Waals surface area contributed by atoms with E-state index in [-0.39, 0.29) is 0 Å². The third kappa shape index (κ3) is 5.28. The van der Waals surface area contributed by atoms with Crippen molar-refractivity contribution in [1.29, 1.82) is 0 Å². The van der Waals surface area contributed by atoms with E-state index in [1.807, 2.05) is 0 Å². The van der Waals surface area contributed by atoms with Crippen LogP contribution in [0.25, 0.3) is 0 Å². The highest BCUT2D eigenvalue weighted by Gasteiger charge is 2.00. The minimum absolute atomic E-state index is 0.316. The molecule has 0 fully saturated rings. The van der Waals surface area contributed by atoms with Crippen LogP contribution in [0.4, 0.5) is 0 Å². The largest absolute Gasteiger partial charge is 0.367 e. The number of hydrogen-bond acceptors (Lipinski definition) is 3. The predicted octanol–water partition coefficient (Wildman–Crippen LogP) is 4.93. The van der Waals surface area contributed by atoms with Crippen LogP contribution in [-0.4, -0.2) is 12.0 Å². The zero-order valence-electron chi connectivity index (χ0n) is 10.4. The van der Waals surface area contributed by atoms with E-state index in [9.17, 15) is 0 Å². The molecule has 0 radical (unpaired) electrons. The first-order valence-electron chi connectivity index (χ1n) is 5.60. The molecule has 1 aromatic carbocycles. The smallest absolute Gasteiger partial charge is 0.103 e. The van der Waals surface area contributed by atoms with Crippen LogP contribution in [0.1, 0.15) is 39.2 Å². The van der Waals surface area contributed by atoms with E-state index in [0.29, 0.717) is 12.0 Å². The van der Waals surface area contributed by atoms with Crippen molar-refractivity contribution in [3.05, 3.63) is 29.8 Å². The summed E-state index contributed by atoms with van der Waals surface area (Å²) in [5.41, 5.74) is 1.40. The van der Waals surface area contributed by atoms with Crippen molar-refractivity contribution in [2.45, 2.75) is 44.6 Å². The molecular formula is C13H20OS2. The molecular weight excluding hydrogens is 236 g/mol. The Balaban J connectivity index is 2.32. The quantitative estimate of drug-likeness (QED) is 0.405. The van der Waals surface area contributed by atoms with E-state index in [2.05, 4.69) is 52.0 Å². The second kappa shape index (κ2) is 7.25. The van der Waals surface area contributed by atoms with Gasteiger partial charge in [-0.25, -0.2) is 0 Å². The first-order valence-corrected chi connectivity index (χ1v) is 7.92. The molecule has 0 aliphatic heterocycles. The van der Waals surface area contributed by atoms with E-state index in [4.69, 9.17) is 4.74 Å². The van der Waals surface area contributed by atoms with Gasteiger partial charge in [0, 0.05) is 4.90 Å². The number of rotatable bonds is 6. The molecule has 0 heterocycles. The lowest BCUT2D eigenvalue weighted by Gasteiger charge is -2.08. The van der Waals surface area contributed by atoms with Crippen molar-refractivity contribution in [3.63, 3.8) is 0 Å². The summed E-state index contributed by atoms with van der Waals surface area (Å²) >= 11 is 0. The van der Waals surface area contributed by atoms with E-state index in [1.54, 1.807) is 21.6 Å². The second-order valence-corrected chi connectivity index (χ2v) is 6.57. The number of hydrogen-bond donors (Lipinski definition) is 0. The molecule has 0 aliphatic carbocycles. The Bertz CT molecular complexity index is 293. The van der Waals surface area contributed by atoms with Crippen molar-refractivity contribution >= 4 is 21.6 Å². The van der Waals surface area contributed by atoms with Gasteiger partial charge in [0.05, 0.1) is 6.10 Å². The summed E-state index contributed by atoms with van der Waals surface area (Å²) in [5.74, 6) is 1.35. The monoisotopic (exact) mass is 256 g/mol. The Morgan fingerprint density at radius 3 is 2.19 bits per heavy atom. The minimum atomic E-state index is 0.316. The fourth-order valence-corrected chi connectivity index (χ4v) is 2.98. The molecule has 1 rings (SSSR count). The van der Waals surface area contributed by atoms with E-state index in [1.165, 1.54) is 10.5 Å². The van der Waals surface area contributed by atoms with Crippen LogP contribution in [-0.2, 0) is 4.74 Å². The maximum Gasteiger partial charge on any atom is 0.103 e. The standard InChI is InChI=1S/C13H20OS2/c1-10(2)12-5-7-13(8-6-12)16-15-9-14-11(3)4/h5-8,10-11H,9H2,1-4H3. The molecule has 1 aromatic rings. The van der Waals surface area contributed by atoms with Crippen molar-refractivity contribution < 1.29 is 4.74 Å². The maximum atomic E-state index is 5.47. The summed E-state index contributed by atoms with van der Waals surface area (Å²) in [5, 5.41) is 0. The molecule has 16 heavy (non-hydrogen) atoms. The first kappa shape index (κ1) is 13.9. The van der Waals surface area contributed by atoms with Crippen LogP contribution < -0.4 is 0 Å². The zero-order chi connectivity index (χ0) is 12.0. The zero-order valence-corrected chi connectivity index (χ0v) is 12.0. The topological polar surface area (TPSA) is 9.23 Å². The van der Waals surface area contributed by atoms with Gasteiger partial charge in [0.25, 0.3) is 0 Å². The lowest BCUT2D eigenvalue weighted by molar-refractivity contribution is 0.121. The fourth-order valence-electron chi connectivity index (χ4n) is 1.16. The highest BCUT2D eigenvalue weighted by atomic mass is 33.1. The van der Waals surface area contributed by atoms with Gasteiger partial charge in [-0.15, -0.1) is 0 Å². The SMILES string of the molecule is CC(C)OCSSc1ccc(C(C)C)cc1. The molecule has 3 heteroatoms. The summed E-state index contributed by atoms with van der Waals surface area (Å²) in [6.45, 7) is 8.55. The molecule has 0 amide bonds. The minimum Gasteiger partial charge on any atom is -0.367 e. The van der Waals surface area contributed by atoms with Crippen LogP contribution in [0.2, 0.25) is 0 Å². The third-order valence-electron chi connectivity index (χ3n) is 2.15. The Kier molecular flexibility index (Phi) is 6.32. The van der Waals surface area contributed by atoms with Crippen LogP contribution in [0.5, 0.6) is 0 Å². The van der Waals surface area contributed by atoms with Crippen molar-refractivity contribution in [1.82, 2.24) is 0 Å². The van der Waals surface area contributed by atoms with Crippen LogP contribution in [0.15, 0.2) is 29.2 Å². The van der Waals surface area contributed by atoms with Crippen molar-refractivity contribution in [2.75, 3.05) is 5.94 Å². The molecule has 0 spiro atoms. The van der Waals surface area contributed by atoms with E-state index >= 15 is 0 Å². The van der Waals surface area contributed by atoms with Crippen molar-refractivity contribution in [2.24, 2.45) is 0 Å². The molecule has 0 N–H and O–H groups in total. The molecule has 0 aromatic heterocycles. The van der Waals surface area contributed by atoms with Gasteiger partial charge in [0.1, 0.15) is 5.94 Å². The Hall–Kier alpha value is -0.120. The third-order valence-corrected chi connectivity index (χ3v) is 4.19. The summed E-state index contributed by atoms with van der Waals surface area (Å²) < 4.78 is 5.47. The van der Waals surface area contributed by atoms with Gasteiger partial charge >= 0.3 is 0 Å². The van der Waals surface area contributed by atoms with Gasteiger partial charge in [-0.05, 0) is 37.5 Å². The normalized spacial score (nSPS) is 11.4. The van der Waals surface area contributed by atoms with Gasteiger partial charge in [0.15, 0.2) is 0 Å². The van der Waals surface area contributed by atoms with Crippen LogP contribution in [0.3, 0.4) is 0 Å². The maximum absolute atomic E-state index is 5.47. The van der Waals surface area contributed by atoms with Gasteiger partial charge in [-0.2, -0.15) is 0 Å².